The Kier molecular flexibility index (Phi) is 9.29. The fourth-order valence-corrected chi connectivity index (χ4v) is 11.6. The Morgan fingerprint density at radius 3 is 1.21 bits per heavy atom. The van der Waals surface area contributed by atoms with E-state index >= 15 is 0 Å². The van der Waals surface area contributed by atoms with Crippen LogP contribution in [-0.4, -0.2) is 0 Å². The molecule has 296 valence electrons. The van der Waals surface area contributed by atoms with Gasteiger partial charge in [-0.3, -0.25) is 0 Å². The number of hydrogen-bond acceptors (Lipinski definition) is 3. The van der Waals surface area contributed by atoms with Crippen LogP contribution < -0.4 is 4.90 Å². The molecule has 12 aromatic rings. The molecule has 0 aliphatic carbocycles. The van der Waals surface area contributed by atoms with Crippen LogP contribution in [0.25, 0.3) is 96.0 Å². The zero-order valence-corrected chi connectivity index (χ0v) is 35.9. The second-order valence-corrected chi connectivity index (χ2v) is 18.2. The molecule has 10 aromatic carbocycles. The number of benzene rings is 10. The number of rotatable bonds is 8. The van der Waals surface area contributed by atoms with Crippen LogP contribution in [0.2, 0.25) is 0 Å². The summed E-state index contributed by atoms with van der Waals surface area (Å²) in [4.78, 5) is 2.45. The van der Waals surface area contributed by atoms with Gasteiger partial charge in [0.2, 0.25) is 0 Å². The van der Waals surface area contributed by atoms with E-state index in [9.17, 15) is 0 Å². The summed E-state index contributed by atoms with van der Waals surface area (Å²) in [6.45, 7) is 0. The van der Waals surface area contributed by atoms with Crippen LogP contribution in [0.4, 0.5) is 17.1 Å². The quantitative estimate of drug-likeness (QED) is 0.147. The third kappa shape index (κ3) is 6.70. The molecule has 0 aliphatic rings. The van der Waals surface area contributed by atoms with Crippen molar-refractivity contribution in [3.63, 3.8) is 0 Å². The summed E-state index contributed by atoms with van der Waals surface area (Å²) in [5, 5.41) is 5.28. The Morgan fingerprint density at radius 2 is 0.667 bits per heavy atom. The fraction of sp³-hybridized carbons (Fsp3) is 0. The number of hydrogen-bond donors (Lipinski definition) is 0. The van der Waals surface area contributed by atoms with Crippen LogP contribution in [0.15, 0.2) is 237 Å². The first-order valence-corrected chi connectivity index (χ1v) is 23.0. The summed E-state index contributed by atoms with van der Waals surface area (Å²) in [7, 11) is 0. The van der Waals surface area contributed by atoms with Crippen LogP contribution in [0.3, 0.4) is 0 Å². The highest BCUT2D eigenvalue weighted by molar-refractivity contribution is 7.26. The van der Waals surface area contributed by atoms with Gasteiger partial charge in [-0.1, -0.05) is 182 Å². The van der Waals surface area contributed by atoms with Gasteiger partial charge in [-0.05, 0) is 105 Å². The van der Waals surface area contributed by atoms with E-state index < -0.39 is 0 Å². The van der Waals surface area contributed by atoms with Crippen LogP contribution in [0.1, 0.15) is 0 Å². The lowest BCUT2D eigenvalue weighted by molar-refractivity contribution is 1.28. The zero-order valence-electron chi connectivity index (χ0n) is 34.3. The molecule has 1 nitrogen and oxygen atoms in total. The Balaban J connectivity index is 1.03. The first kappa shape index (κ1) is 37.2. The molecule has 0 radical (unpaired) electrons. The van der Waals surface area contributed by atoms with E-state index in [4.69, 9.17) is 0 Å². The van der Waals surface area contributed by atoms with Crippen molar-refractivity contribution >= 4 is 80.1 Å². The molecule has 12 rings (SSSR count). The van der Waals surface area contributed by atoms with E-state index in [1.54, 1.807) is 0 Å². The first-order valence-electron chi connectivity index (χ1n) is 21.4. The number of thiophene rings is 2. The molecule has 3 heteroatoms. The molecule has 0 fully saturated rings. The normalized spacial score (nSPS) is 11.5. The third-order valence-electron chi connectivity index (χ3n) is 12.3. The molecule has 0 unspecified atom stereocenters. The van der Waals surface area contributed by atoms with Gasteiger partial charge in [0.15, 0.2) is 0 Å². The van der Waals surface area contributed by atoms with Gasteiger partial charge < -0.3 is 4.90 Å². The summed E-state index contributed by atoms with van der Waals surface area (Å²) in [6.07, 6.45) is 0. The molecule has 0 N–H and O–H groups in total. The van der Waals surface area contributed by atoms with Crippen molar-refractivity contribution in [2.75, 3.05) is 4.90 Å². The Bertz CT molecular complexity index is 3440. The van der Waals surface area contributed by atoms with Gasteiger partial charge >= 0.3 is 0 Å². The molecular formula is C60H39NS2. The first-order chi connectivity index (χ1) is 31.2. The Labute approximate surface area is 375 Å². The molecule has 0 bridgehead atoms. The highest BCUT2D eigenvalue weighted by atomic mass is 32.1. The average molecular weight is 838 g/mol. The minimum absolute atomic E-state index is 1.09. The largest absolute Gasteiger partial charge is 0.310 e. The average Bonchev–Trinajstić information content (AvgIpc) is 3.93. The Hall–Kier alpha value is -7.56. The van der Waals surface area contributed by atoms with Gasteiger partial charge in [0, 0.05) is 57.3 Å². The molecule has 0 saturated heterocycles. The van der Waals surface area contributed by atoms with E-state index in [-0.39, 0.29) is 0 Å². The summed E-state index contributed by atoms with van der Waals surface area (Å²) < 4.78 is 5.27. The number of anilines is 3. The molecular weight excluding hydrogens is 799 g/mol. The third-order valence-corrected chi connectivity index (χ3v) is 14.6. The molecule has 0 atom stereocenters. The zero-order chi connectivity index (χ0) is 41.7. The lowest BCUT2D eigenvalue weighted by Gasteiger charge is -2.30. The summed E-state index contributed by atoms with van der Waals surface area (Å²) >= 11 is 3.73. The maximum Gasteiger partial charge on any atom is 0.0546 e. The van der Waals surface area contributed by atoms with Gasteiger partial charge in [-0.25, -0.2) is 0 Å². The molecule has 0 spiro atoms. The van der Waals surface area contributed by atoms with Crippen molar-refractivity contribution in [1.29, 1.82) is 0 Å². The summed E-state index contributed by atoms with van der Waals surface area (Å²) in [5.74, 6) is 0. The smallest absolute Gasteiger partial charge is 0.0546 e. The van der Waals surface area contributed by atoms with Crippen molar-refractivity contribution in [1.82, 2.24) is 0 Å². The Morgan fingerprint density at radius 1 is 0.254 bits per heavy atom. The lowest BCUT2D eigenvalue weighted by atomic mass is 9.87. The molecule has 63 heavy (non-hydrogen) atoms. The summed E-state index contributed by atoms with van der Waals surface area (Å²) in [6, 6.07) is 86.7. The molecule has 0 saturated carbocycles. The second-order valence-electron chi connectivity index (χ2n) is 16.0. The van der Waals surface area contributed by atoms with Crippen molar-refractivity contribution in [3.8, 4) is 55.6 Å². The van der Waals surface area contributed by atoms with Crippen LogP contribution in [0, 0.1) is 0 Å². The van der Waals surface area contributed by atoms with Gasteiger partial charge in [-0.2, -0.15) is 0 Å². The van der Waals surface area contributed by atoms with Crippen molar-refractivity contribution in [3.05, 3.63) is 237 Å². The summed E-state index contributed by atoms with van der Waals surface area (Å²) in [5.41, 5.74) is 15.2. The van der Waals surface area contributed by atoms with E-state index in [1.807, 2.05) is 22.7 Å². The van der Waals surface area contributed by atoms with E-state index in [1.165, 1.54) is 96.0 Å². The fourth-order valence-electron chi connectivity index (χ4n) is 9.28. The van der Waals surface area contributed by atoms with Crippen LogP contribution in [-0.2, 0) is 0 Å². The van der Waals surface area contributed by atoms with Gasteiger partial charge in [0.25, 0.3) is 0 Å². The second kappa shape index (κ2) is 15.7. The van der Waals surface area contributed by atoms with Crippen molar-refractivity contribution in [2.24, 2.45) is 0 Å². The molecule has 0 aliphatic heterocycles. The maximum atomic E-state index is 2.45. The van der Waals surface area contributed by atoms with Gasteiger partial charge in [0.05, 0.1) is 5.69 Å². The predicted molar refractivity (Wildman–Crippen MR) is 274 cm³/mol. The van der Waals surface area contributed by atoms with E-state index in [0.717, 1.165) is 17.1 Å². The van der Waals surface area contributed by atoms with Crippen molar-refractivity contribution < 1.29 is 0 Å². The minimum Gasteiger partial charge on any atom is -0.310 e. The van der Waals surface area contributed by atoms with Crippen LogP contribution in [0.5, 0.6) is 0 Å². The standard InChI is InChI=1S/C60H39NS2/c1-3-14-42(15-4-1)48-18-7-8-21-54(48)60-49(43-16-5-2-6-17-43)22-13-23-55(60)61(46-32-26-40(27-33-46)44-30-36-52-50-19-9-11-24-56(50)62-58(52)38-44)47-34-28-41(29-35-47)45-31-37-53-51-20-10-12-25-57(51)63-59(53)39-45/h1-39H. The number of fused-ring (bicyclic) bond motifs is 6. The highest BCUT2D eigenvalue weighted by Crippen LogP contribution is 2.49. The molecule has 0 amide bonds. The highest BCUT2D eigenvalue weighted by Gasteiger charge is 2.23. The number of nitrogens with zero attached hydrogens (tertiary/aromatic N) is 1. The monoisotopic (exact) mass is 837 g/mol. The predicted octanol–water partition coefficient (Wildman–Crippen LogP) is 18.2. The molecule has 2 heterocycles. The van der Waals surface area contributed by atoms with Crippen molar-refractivity contribution in [2.45, 2.75) is 0 Å². The van der Waals surface area contributed by atoms with Crippen LogP contribution >= 0.6 is 22.7 Å². The van der Waals surface area contributed by atoms with E-state index in [0.29, 0.717) is 0 Å². The van der Waals surface area contributed by atoms with E-state index in [2.05, 4.69) is 241 Å². The minimum atomic E-state index is 1.09. The topological polar surface area (TPSA) is 3.24 Å². The maximum absolute atomic E-state index is 2.45. The molecule has 2 aromatic heterocycles. The SMILES string of the molecule is c1ccc(-c2ccccc2-c2c(-c3ccccc3)cccc2N(c2ccc(-c3ccc4c(c3)sc3ccccc34)cc2)c2ccc(-c3ccc4c(c3)sc3ccccc34)cc2)cc1. The lowest BCUT2D eigenvalue weighted by Crippen LogP contribution is -2.12. The van der Waals surface area contributed by atoms with Gasteiger partial charge in [0.1, 0.15) is 0 Å². The van der Waals surface area contributed by atoms with Gasteiger partial charge in [-0.15, -0.1) is 22.7 Å².